The number of anilines is 1. The van der Waals surface area contributed by atoms with Gasteiger partial charge in [0.05, 0.1) is 36.6 Å². The van der Waals surface area contributed by atoms with E-state index >= 15 is 0 Å². The van der Waals surface area contributed by atoms with E-state index in [1.54, 1.807) is 29.3 Å². The molecule has 2 atom stereocenters. The Bertz CT molecular complexity index is 1370. The number of thiocarbonyl (C=S) groups is 1. The summed E-state index contributed by atoms with van der Waals surface area (Å²) < 4.78 is 12.2. The van der Waals surface area contributed by atoms with Gasteiger partial charge in [0.25, 0.3) is 11.5 Å². The number of thioether (sulfide) groups is 1. The topological polar surface area (TPSA) is 123 Å². The summed E-state index contributed by atoms with van der Waals surface area (Å²) >= 11 is 6.58. The zero-order valence-corrected chi connectivity index (χ0v) is 21.7. The van der Waals surface area contributed by atoms with Crippen LogP contribution in [0, 0.1) is 0 Å². The van der Waals surface area contributed by atoms with Gasteiger partial charge in [-0.1, -0.05) is 30.0 Å². The number of esters is 1. The molecule has 0 aromatic carbocycles. The van der Waals surface area contributed by atoms with Crippen molar-refractivity contribution in [2.45, 2.75) is 31.4 Å². The summed E-state index contributed by atoms with van der Waals surface area (Å²) in [5, 5.41) is 2.75. The molecule has 13 heteroatoms. The van der Waals surface area contributed by atoms with Crippen molar-refractivity contribution in [2.75, 3.05) is 38.3 Å². The van der Waals surface area contributed by atoms with Gasteiger partial charge in [-0.2, -0.15) is 0 Å². The number of piperazine rings is 1. The first-order valence-electron chi connectivity index (χ1n) is 11.9. The molecule has 37 heavy (non-hydrogen) atoms. The summed E-state index contributed by atoms with van der Waals surface area (Å²) in [5.41, 5.74) is 0.0899. The van der Waals surface area contributed by atoms with E-state index in [1.807, 2.05) is 0 Å². The lowest BCUT2D eigenvalue weighted by atomic mass is 10.1. The number of hydrogen-bond acceptors (Lipinski definition) is 10. The van der Waals surface area contributed by atoms with Gasteiger partial charge in [0.15, 0.2) is 0 Å². The van der Waals surface area contributed by atoms with E-state index < -0.39 is 17.6 Å². The Hall–Kier alpha value is -3.29. The number of aromatic nitrogens is 2. The molecule has 0 spiro atoms. The van der Waals surface area contributed by atoms with Gasteiger partial charge in [0.1, 0.15) is 21.8 Å². The summed E-state index contributed by atoms with van der Waals surface area (Å²) in [5.74, 6) is -1.04. The van der Waals surface area contributed by atoms with Gasteiger partial charge < -0.3 is 19.7 Å². The van der Waals surface area contributed by atoms with Crippen molar-refractivity contribution >= 4 is 63.6 Å². The Morgan fingerprint density at radius 1 is 1.35 bits per heavy atom. The molecule has 3 aliphatic heterocycles. The minimum absolute atomic E-state index is 0.0729. The van der Waals surface area contributed by atoms with E-state index in [1.165, 1.54) is 22.5 Å². The lowest BCUT2D eigenvalue weighted by Crippen LogP contribution is -2.57. The van der Waals surface area contributed by atoms with Crippen molar-refractivity contribution in [2.24, 2.45) is 0 Å². The molecule has 3 saturated heterocycles. The van der Waals surface area contributed by atoms with Gasteiger partial charge in [0.2, 0.25) is 5.91 Å². The molecule has 1 N–H and O–H groups in total. The smallest absolute Gasteiger partial charge is 0.308 e. The van der Waals surface area contributed by atoms with Gasteiger partial charge in [-0.15, -0.1) is 0 Å². The molecule has 0 radical (unpaired) electrons. The number of rotatable bonds is 6. The Labute approximate surface area is 221 Å². The molecule has 2 aromatic heterocycles. The maximum atomic E-state index is 13.7. The third-order valence-electron chi connectivity index (χ3n) is 6.50. The minimum atomic E-state index is -0.930. The second-order valence-electron chi connectivity index (χ2n) is 8.79. The van der Waals surface area contributed by atoms with E-state index in [-0.39, 0.29) is 40.6 Å². The van der Waals surface area contributed by atoms with Crippen molar-refractivity contribution in [1.82, 2.24) is 19.6 Å². The Kier molecular flexibility index (Phi) is 7.26. The average molecular weight is 544 g/mol. The lowest BCUT2D eigenvalue weighted by molar-refractivity contribution is -0.143. The number of pyridine rings is 1. The van der Waals surface area contributed by atoms with Crippen LogP contribution in [0.5, 0.6) is 0 Å². The molecule has 0 bridgehead atoms. The minimum Gasteiger partial charge on any atom is -0.469 e. The van der Waals surface area contributed by atoms with E-state index in [4.69, 9.17) is 26.7 Å². The van der Waals surface area contributed by atoms with Crippen LogP contribution in [0.2, 0.25) is 0 Å². The fraction of sp³-hybridized carbons (Fsp3) is 0.417. The molecule has 194 valence electrons. The third-order valence-corrected chi connectivity index (χ3v) is 7.88. The van der Waals surface area contributed by atoms with Gasteiger partial charge in [-0.3, -0.25) is 28.5 Å². The first kappa shape index (κ1) is 25.4. The molecule has 2 amide bonds. The van der Waals surface area contributed by atoms with Crippen molar-refractivity contribution in [3.05, 3.63) is 45.2 Å². The number of ether oxygens (including phenoxy) is 2. The third kappa shape index (κ3) is 4.98. The van der Waals surface area contributed by atoms with Crippen LogP contribution in [0.25, 0.3) is 11.7 Å². The monoisotopic (exact) mass is 543 g/mol. The normalized spacial score (nSPS) is 23.3. The van der Waals surface area contributed by atoms with E-state index in [2.05, 4.69) is 5.32 Å². The SMILES string of the molecule is COC(=O)CC1C(=O)NCCN1c1nc2ccccn2c(=O)c1C=C1SC(=S)N(CC2CCCO2)C1=O. The predicted octanol–water partition coefficient (Wildman–Crippen LogP) is 0.943. The Morgan fingerprint density at radius 3 is 2.95 bits per heavy atom. The van der Waals surface area contributed by atoms with Crippen LogP contribution >= 0.6 is 24.0 Å². The van der Waals surface area contributed by atoms with Crippen LogP contribution in [-0.4, -0.2) is 81.9 Å². The molecular weight excluding hydrogens is 518 g/mol. The van der Waals surface area contributed by atoms with Crippen molar-refractivity contribution in [3.8, 4) is 0 Å². The summed E-state index contributed by atoms with van der Waals surface area (Å²) in [4.78, 5) is 59.9. The highest BCUT2D eigenvalue weighted by Crippen LogP contribution is 2.35. The second kappa shape index (κ2) is 10.6. The maximum Gasteiger partial charge on any atom is 0.308 e. The fourth-order valence-electron chi connectivity index (χ4n) is 4.63. The number of nitrogens with one attached hydrogen (secondary N) is 1. The summed E-state index contributed by atoms with van der Waals surface area (Å²) in [7, 11) is 1.25. The van der Waals surface area contributed by atoms with E-state index in [0.29, 0.717) is 36.2 Å². The number of nitrogens with zero attached hydrogens (tertiary/aromatic N) is 4. The van der Waals surface area contributed by atoms with Crippen molar-refractivity contribution < 1.29 is 23.9 Å². The first-order chi connectivity index (χ1) is 17.9. The van der Waals surface area contributed by atoms with Crippen molar-refractivity contribution in [1.29, 1.82) is 0 Å². The molecule has 2 unspecified atom stereocenters. The number of fused-ring (bicyclic) bond motifs is 1. The maximum absolute atomic E-state index is 13.7. The molecule has 0 saturated carbocycles. The van der Waals surface area contributed by atoms with Crippen LogP contribution in [0.4, 0.5) is 5.82 Å². The molecule has 3 fully saturated rings. The molecule has 2 aromatic rings. The van der Waals surface area contributed by atoms with Crippen LogP contribution in [0.15, 0.2) is 34.1 Å². The van der Waals surface area contributed by atoms with E-state index in [9.17, 15) is 19.2 Å². The number of carbonyl (C=O) groups excluding carboxylic acids is 3. The number of hydrogen-bond donors (Lipinski definition) is 1. The molecule has 3 aliphatic rings. The zero-order chi connectivity index (χ0) is 26.1. The Balaban J connectivity index is 1.59. The number of amides is 2. The molecular formula is C24H25N5O6S2. The predicted molar refractivity (Wildman–Crippen MR) is 141 cm³/mol. The number of carbonyl (C=O) groups is 3. The lowest BCUT2D eigenvalue weighted by Gasteiger charge is -2.36. The second-order valence-corrected chi connectivity index (χ2v) is 10.5. The summed E-state index contributed by atoms with van der Waals surface area (Å²) in [6.45, 7) is 1.63. The van der Waals surface area contributed by atoms with Crippen LogP contribution in [-0.2, 0) is 23.9 Å². The fourth-order valence-corrected chi connectivity index (χ4v) is 5.89. The molecule has 5 heterocycles. The van der Waals surface area contributed by atoms with Gasteiger partial charge in [0, 0.05) is 25.9 Å². The van der Waals surface area contributed by atoms with Crippen LogP contribution in [0.1, 0.15) is 24.8 Å². The highest BCUT2D eigenvalue weighted by molar-refractivity contribution is 8.26. The van der Waals surface area contributed by atoms with Crippen LogP contribution in [0.3, 0.4) is 0 Å². The van der Waals surface area contributed by atoms with Gasteiger partial charge in [-0.05, 0) is 31.1 Å². The van der Waals surface area contributed by atoms with Gasteiger partial charge >= 0.3 is 5.97 Å². The largest absolute Gasteiger partial charge is 0.469 e. The van der Waals surface area contributed by atoms with Crippen LogP contribution < -0.4 is 15.8 Å². The van der Waals surface area contributed by atoms with Gasteiger partial charge in [-0.25, -0.2) is 4.98 Å². The Morgan fingerprint density at radius 2 is 2.19 bits per heavy atom. The standard InChI is InChI=1S/C24H25N5O6S2/c1-34-19(30)12-16-21(31)25-7-9-27(16)20-15(22(32)28-8-3-2-6-18(28)26-20)11-17-23(33)29(24(36)37-17)13-14-5-4-10-35-14/h2-3,6,8,11,14,16H,4-5,7,9-10,12-13H2,1H3,(H,25,31). The first-order valence-corrected chi connectivity index (χ1v) is 13.1. The summed E-state index contributed by atoms with van der Waals surface area (Å²) in [6.07, 6.45) is 4.57. The average Bonchev–Trinajstić information content (AvgIpc) is 3.50. The number of methoxy groups -OCH3 is 1. The zero-order valence-electron chi connectivity index (χ0n) is 20.0. The van der Waals surface area contributed by atoms with E-state index in [0.717, 1.165) is 24.6 Å². The molecule has 11 nitrogen and oxygen atoms in total. The van der Waals surface area contributed by atoms with Crippen molar-refractivity contribution in [3.63, 3.8) is 0 Å². The highest BCUT2D eigenvalue weighted by Gasteiger charge is 2.37. The molecule has 0 aliphatic carbocycles. The quantitative estimate of drug-likeness (QED) is 0.320. The molecule has 5 rings (SSSR count). The highest BCUT2D eigenvalue weighted by atomic mass is 32.2. The summed E-state index contributed by atoms with van der Waals surface area (Å²) in [6, 6.07) is 4.20.